The molecule has 1 aliphatic heterocycles. The van der Waals surface area contributed by atoms with E-state index in [1.54, 1.807) is 18.2 Å². The smallest absolute Gasteiger partial charge is 0.398 e. The lowest BCUT2D eigenvalue weighted by Crippen LogP contribution is -2.24. The number of pyridine rings is 1. The molecule has 14 heteroatoms. The van der Waals surface area contributed by atoms with Gasteiger partial charge in [-0.15, -0.1) is 5.10 Å². The Balaban J connectivity index is 1.42. The molecule has 0 saturated carbocycles. The lowest BCUT2D eigenvalue weighted by Gasteiger charge is -2.15. The number of nitrogens with zero attached hydrogens (tertiary/aromatic N) is 6. The van der Waals surface area contributed by atoms with E-state index in [0.29, 0.717) is 34.0 Å². The van der Waals surface area contributed by atoms with Gasteiger partial charge in [-0.2, -0.15) is 22.2 Å². The number of halogens is 5. The highest BCUT2D eigenvalue weighted by atomic mass is 35.5. The molecule has 0 fully saturated rings. The molecule has 2 atom stereocenters. The van der Waals surface area contributed by atoms with Gasteiger partial charge in [0.2, 0.25) is 5.95 Å². The lowest BCUT2D eigenvalue weighted by molar-refractivity contribution is -0.136. The van der Waals surface area contributed by atoms with E-state index in [-0.39, 0.29) is 28.6 Å². The SMILES string of the molecule is C[C@@H]1C[C@@H](c2nc(-c3ccc(N)c(C(F)(F)F)c3)c(F)[nH]2)n2c1cc(-c1cc(Cl)ccc1-n1cnnn1)cc2=O. The van der Waals surface area contributed by atoms with Gasteiger partial charge in [0, 0.05) is 33.6 Å². The number of tetrazole rings is 1. The average Bonchev–Trinajstić information content (AvgIpc) is 3.63. The number of benzene rings is 2. The second kappa shape index (κ2) is 9.30. The number of hydrogen-bond donors (Lipinski definition) is 2. The highest BCUT2D eigenvalue weighted by Crippen LogP contribution is 2.41. The third-order valence-electron chi connectivity index (χ3n) is 6.98. The summed E-state index contributed by atoms with van der Waals surface area (Å²) in [5.41, 5.74) is 5.68. The summed E-state index contributed by atoms with van der Waals surface area (Å²) in [6.07, 6.45) is -2.88. The van der Waals surface area contributed by atoms with Crippen molar-refractivity contribution in [3.8, 4) is 28.1 Å². The number of H-pyrrole nitrogens is 1. The van der Waals surface area contributed by atoms with Gasteiger partial charge in [-0.3, -0.25) is 4.79 Å². The molecule has 2 aromatic carbocycles. The summed E-state index contributed by atoms with van der Waals surface area (Å²) in [7, 11) is 0. The van der Waals surface area contributed by atoms with Gasteiger partial charge >= 0.3 is 6.18 Å². The van der Waals surface area contributed by atoms with Gasteiger partial charge in [0.1, 0.15) is 17.8 Å². The summed E-state index contributed by atoms with van der Waals surface area (Å²) in [4.78, 5) is 20.3. The highest BCUT2D eigenvalue weighted by molar-refractivity contribution is 6.31. The van der Waals surface area contributed by atoms with Crippen LogP contribution in [0.25, 0.3) is 28.1 Å². The van der Waals surface area contributed by atoms with Crippen LogP contribution in [-0.2, 0) is 6.18 Å². The van der Waals surface area contributed by atoms with Crippen molar-refractivity contribution in [2.75, 3.05) is 5.73 Å². The predicted molar refractivity (Wildman–Crippen MR) is 138 cm³/mol. The Bertz CT molecular complexity index is 1810. The van der Waals surface area contributed by atoms with Crippen molar-refractivity contribution in [2.24, 2.45) is 0 Å². The van der Waals surface area contributed by atoms with E-state index in [9.17, 15) is 18.0 Å². The van der Waals surface area contributed by atoms with Crippen molar-refractivity contribution >= 4 is 17.3 Å². The molecule has 0 amide bonds. The first kappa shape index (κ1) is 25.7. The van der Waals surface area contributed by atoms with E-state index in [0.717, 1.165) is 12.1 Å². The number of fused-ring (bicyclic) bond motifs is 1. The number of aromatic amines is 1. The van der Waals surface area contributed by atoms with Gasteiger partial charge in [-0.05, 0) is 64.7 Å². The number of rotatable bonds is 4. The Labute approximate surface area is 228 Å². The molecule has 0 saturated heterocycles. The van der Waals surface area contributed by atoms with E-state index in [2.05, 4.69) is 25.5 Å². The zero-order chi connectivity index (χ0) is 28.3. The molecule has 40 heavy (non-hydrogen) atoms. The Morgan fingerprint density at radius 1 is 1.10 bits per heavy atom. The van der Waals surface area contributed by atoms with Gasteiger partial charge in [0.25, 0.3) is 5.56 Å². The molecule has 0 spiro atoms. The number of alkyl halides is 3. The van der Waals surface area contributed by atoms with E-state index in [1.165, 1.54) is 27.7 Å². The summed E-state index contributed by atoms with van der Waals surface area (Å²) in [5.74, 6) is -0.919. The monoisotopic (exact) mass is 570 g/mol. The van der Waals surface area contributed by atoms with Crippen LogP contribution < -0.4 is 11.3 Å². The maximum absolute atomic E-state index is 15.0. The zero-order valence-electron chi connectivity index (χ0n) is 20.6. The van der Waals surface area contributed by atoms with Gasteiger partial charge in [-0.1, -0.05) is 24.6 Å². The van der Waals surface area contributed by atoms with Crippen molar-refractivity contribution in [1.82, 2.24) is 34.7 Å². The molecule has 0 aliphatic carbocycles. The standard InChI is InChI=1S/C26H19ClF4N8O/c1-12-6-21(25-34-23(24(28)35-25)13-2-4-18(32)17(7-13)26(29,30)31)39-20(12)8-14(9-22(39)40)16-10-15(27)3-5-19(16)38-11-33-36-37-38/h2-5,7-12,21H,6,32H2,1H3,(H,34,35)/t12-,21+/m1/s1. The molecule has 9 nitrogen and oxygen atoms in total. The second-order valence-corrected chi connectivity index (χ2v) is 9.97. The quantitative estimate of drug-likeness (QED) is 0.221. The van der Waals surface area contributed by atoms with Gasteiger partial charge in [0.15, 0.2) is 0 Å². The molecule has 204 valence electrons. The van der Waals surface area contributed by atoms with Crippen molar-refractivity contribution in [2.45, 2.75) is 31.5 Å². The zero-order valence-corrected chi connectivity index (χ0v) is 21.4. The Morgan fingerprint density at radius 2 is 1.90 bits per heavy atom. The molecule has 3 aromatic heterocycles. The highest BCUT2D eigenvalue weighted by Gasteiger charge is 2.35. The van der Waals surface area contributed by atoms with Gasteiger partial charge in [0.05, 0.1) is 17.3 Å². The number of anilines is 1. The van der Waals surface area contributed by atoms with Crippen LogP contribution in [0.15, 0.2) is 59.7 Å². The fourth-order valence-electron chi connectivity index (χ4n) is 5.14. The maximum atomic E-state index is 15.0. The van der Waals surface area contributed by atoms with Crippen LogP contribution in [0.2, 0.25) is 5.02 Å². The van der Waals surface area contributed by atoms with Crippen LogP contribution in [0.4, 0.5) is 23.2 Å². The minimum absolute atomic E-state index is 0.0911. The van der Waals surface area contributed by atoms with Crippen LogP contribution in [0.5, 0.6) is 0 Å². The third-order valence-corrected chi connectivity index (χ3v) is 7.22. The lowest BCUT2D eigenvalue weighted by atomic mass is 9.99. The number of nitrogen functional groups attached to an aromatic ring is 1. The van der Waals surface area contributed by atoms with E-state index < -0.39 is 29.4 Å². The largest absolute Gasteiger partial charge is 0.418 e. The van der Waals surface area contributed by atoms with Crippen molar-refractivity contribution in [3.63, 3.8) is 0 Å². The first-order chi connectivity index (χ1) is 19.0. The van der Waals surface area contributed by atoms with E-state index in [1.807, 2.05) is 13.0 Å². The topological polar surface area (TPSA) is 120 Å². The minimum atomic E-state index is -4.71. The first-order valence-corrected chi connectivity index (χ1v) is 12.4. The Hall–Kier alpha value is -4.52. The van der Waals surface area contributed by atoms with Crippen molar-refractivity contribution in [1.29, 1.82) is 0 Å². The molecule has 5 aromatic rings. The number of hydrogen-bond acceptors (Lipinski definition) is 6. The molecular formula is C26H19ClF4N8O. The molecule has 0 radical (unpaired) electrons. The third kappa shape index (κ3) is 4.31. The average molecular weight is 571 g/mol. The molecule has 0 unspecified atom stereocenters. The Morgan fingerprint density at radius 3 is 2.62 bits per heavy atom. The fraction of sp³-hybridized carbons (Fsp3) is 0.192. The number of imidazole rings is 1. The second-order valence-electron chi connectivity index (χ2n) is 9.53. The van der Waals surface area contributed by atoms with Crippen LogP contribution in [0.3, 0.4) is 0 Å². The van der Waals surface area contributed by atoms with E-state index >= 15 is 4.39 Å². The van der Waals surface area contributed by atoms with Gasteiger partial charge in [-0.25, -0.2) is 4.98 Å². The summed E-state index contributed by atoms with van der Waals surface area (Å²) in [5, 5.41) is 11.7. The molecule has 6 rings (SSSR count). The molecule has 1 aliphatic rings. The summed E-state index contributed by atoms with van der Waals surface area (Å²) >= 11 is 6.27. The summed E-state index contributed by atoms with van der Waals surface area (Å²) in [6, 6.07) is 10.8. The molecule has 3 N–H and O–H groups in total. The van der Waals surface area contributed by atoms with Crippen LogP contribution in [-0.4, -0.2) is 34.7 Å². The first-order valence-electron chi connectivity index (χ1n) is 12.0. The van der Waals surface area contributed by atoms with Gasteiger partial charge < -0.3 is 15.3 Å². The van der Waals surface area contributed by atoms with E-state index in [4.69, 9.17) is 17.3 Å². The Kier molecular flexibility index (Phi) is 5.98. The van der Waals surface area contributed by atoms with Crippen molar-refractivity contribution < 1.29 is 17.6 Å². The maximum Gasteiger partial charge on any atom is 0.418 e. The van der Waals surface area contributed by atoms with Crippen molar-refractivity contribution in [3.05, 3.63) is 93.3 Å². The number of aromatic nitrogens is 7. The predicted octanol–water partition coefficient (Wildman–Crippen LogP) is 5.37. The number of nitrogens with two attached hydrogens (primary N) is 1. The summed E-state index contributed by atoms with van der Waals surface area (Å²) < 4.78 is 58.1. The molecule has 0 bridgehead atoms. The van der Waals surface area contributed by atoms with Crippen LogP contribution in [0, 0.1) is 5.95 Å². The molecular weight excluding hydrogens is 552 g/mol. The van der Waals surface area contributed by atoms with Crippen LogP contribution >= 0.6 is 11.6 Å². The van der Waals surface area contributed by atoms with Crippen LogP contribution in [0.1, 0.15) is 42.4 Å². The fourth-order valence-corrected chi connectivity index (χ4v) is 5.31. The summed E-state index contributed by atoms with van der Waals surface area (Å²) in [6.45, 7) is 1.92. The minimum Gasteiger partial charge on any atom is -0.398 e. The number of nitrogens with one attached hydrogen (secondary N) is 1. The molecule has 4 heterocycles. The normalized spacial score (nSPS) is 16.9.